The lowest BCUT2D eigenvalue weighted by Crippen LogP contribution is -2.09. The van der Waals surface area contributed by atoms with Crippen molar-refractivity contribution in [2.24, 2.45) is 0 Å². The Morgan fingerprint density at radius 3 is 2.61 bits per heavy atom. The molecular formula is C14H27N3O. The lowest BCUT2D eigenvalue weighted by Gasteiger charge is -2.10. The van der Waals surface area contributed by atoms with Crippen LogP contribution in [0.15, 0.2) is 0 Å². The molecule has 18 heavy (non-hydrogen) atoms. The number of ether oxygens (including phenoxy) is 1. The van der Waals surface area contributed by atoms with Crippen LogP contribution in [0.5, 0.6) is 0 Å². The van der Waals surface area contributed by atoms with Crippen LogP contribution in [0.4, 0.5) is 5.82 Å². The van der Waals surface area contributed by atoms with Crippen molar-refractivity contribution in [3.8, 4) is 0 Å². The summed E-state index contributed by atoms with van der Waals surface area (Å²) < 4.78 is 7.39. The van der Waals surface area contributed by atoms with Crippen LogP contribution in [0.3, 0.4) is 0 Å². The molecule has 0 saturated heterocycles. The van der Waals surface area contributed by atoms with Crippen molar-refractivity contribution in [3.63, 3.8) is 0 Å². The standard InChI is InChI=1S/C14H27N3O/c1-5-7-9-17-12(8-6-2)16-13(14(17)15)11(3)10-18-4/h11H,5-10,15H2,1-4H3. The Kier molecular flexibility index (Phi) is 6.19. The van der Waals surface area contributed by atoms with Gasteiger partial charge in [-0.2, -0.15) is 0 Å². The van der Waals surface area contributed by atoms with Crippen LogP contribution in [-0.4, -0.2) is 23.3 Å². The van der Waals surface area contributed by atoms with Crippen molar-refractivity contribution in [3.05, 3.63) is 11.5 Å². The van der Waals surface area contributed by atoms with E-state index in [0.29, 0.717) is 6.61 Å². The fourth-order valence-electron chi connectivity index (χ4n) is 2.21. The summed E-state index contributed by atoms with van der Waals surface area (Å²) in [6, 6.07) is 0. The van der Waals surface area contributed by atoms with Gasteiger partial charge in [0.25, 0.3) is 0 Å². The molecule has 104 valence electrons. The summed E-state index contributed by atoms with van der Waals surface area (Å²) in [4.78, 5) is 4.73. The minimum absolute atomic E-state index is 0.258. The SMILES string of the molecule is CCCCn1c(CCC)nc(C(C)COC)c1N. The Labute approximate surface area is 111 Å². The number of unbranched alkanes of at least 4 members (excludes halogenated alkanes) is 1. The summed E-state index contributed by atoms with van der Waals surface area (Å²) in [5.74, 6) is 2.21. The Morgan fingerprint density at radius 2 is 2.06 bits per heavy atom. The van der Waals surface area contributed by atoms with E-state index in [9.17, 15) is 0 Å². The van der Waals surface area contributed by atoms with E-state index >= 15 is 0 Å². The molecule has 0 saturated carbocycles. The first-order chi connectivity index (χ1) is 8.65. The lowest BCUT2D eigenvalue weighted by molar-refractivity contribution is 0.183. The topological polar surface area (TPSA) is 53.1 Å². The molecule has 2 N–H and O–H groups in total. The number of nitrogens with zero attached hydrogens (tertiary/aromatic N) is 2. The molecule has 4 nitrogen and oxygen atoms in total. The number of aryl methyl sites for hydroxylation is 1. The van der Waals surface area contributed by atoms with E-state index in [1.165, 1.54) is 6.42 Å². The summed E-state index contributed by atoms with van der Waals surface area (Å²) in [6.07, 6.45) is 4.41. The van der Waals surface area contributed by atoms with Gasteiger partial charge in [-0.15, -0.1) is 0 Å². The van der Waals surface area contributed by atoms with Crippen molar-refractivity contribution in [2.75, 3.05) is 19.5 Å². The third-order valence-electron chi connectivity index (χ3n) is 3.21. The van der Waals surface area contributed by atoms with Gasteiger partial charge in [0.2, 0.25) is 0 Å². The maximum atomic E-state index is 6.25. The number of methoxy groups -OCH3 is 1. The second kappa shape index (κ2) is 7.41. The molecule has 1 rings (SSSR count). The number of nitrogen functional groups attached to an aromatic ring is 1. The Bertz CT molecular complexity index is 360. The van der Waals surface area contributed by atoms with Gasteiger partial charge in [0.1, 0.15) is 11.6 Å². The third kappa shape index (κ3) is 3.48. The van der Waals surface area contributed by atoms with Gasteiger partial charge in [-0.25, -0.2) is 4.98 Å². The molecule has 0 fully saturated rings. The van der Waals surface area contributed by atoms with Gasteiger partial charge in [-0.05, 0) is 12.8 Å². The maximum Gasteiger partial charge on any atom is 0.127 e. The number of imidazole rings is 1. The van der Waals surface area contributed by atoms with Crippen molar-refractivity contribution >= 4 is 5.82 Å². The zero-order chi connectivity index (χ0) is 13.5. The number of nitrogens with two attached hydrogens (primary N) is 1. The van der Waals surface area contributed by atoms with Gasteiger partial charge in [0.15, 0.2) is 0 Å². The Morgan fingerprint density at radius 1 is 1.33 bits per heavy atom. The molecule has 0 aliphatic heterocycles. The van der Waals surface area contributed by atoms with Crippen molar-refractivity contribution in [1.82, 2.24) is 9.55 Å². The number of aromatic nitrogens is 2. The van der Waals surface area contributed by atoms with E-state index in [1.54, 1.807) is 7.11 Å². The molecule has 0 aromatic carbocycles. The maximum absolute atomic E-state index is 6.25. The Hall–Kier alpha value is -1.03. The van der Waals surface area contributed by atoms with Crippen LogP contribution >= 0.6 is 0 Å². The first-order valence-electron chi connectivity index (χ1n) is 6.99. The summed E-state index contributed by atoms with van der Waals surface area (Å²) in [5.41, 5.74) is 7.25. The molecule has 1 heterocycles. The number of hydrogen-bond acceptors (Lipinski definition) is 3. The van der Waals surface area contributed by atoms with Crippen LogP contribution in [0, 0.1) is 0 Å². The number of anilines is 1. The highest BCUT2D eigenvalue weighted by Crippen LogP contribution is 2.24. The third-order valence-corrected chi connectivity index (χ3v) is 3.21. The van der Waals surface area contributed by atoms with Crippen molar-refractivity contribution in [1.29, 1.82) is 0 Å². The summed E-state index contributed by atoms with van der Waals surface area (Å²) in [7, 11) is 1.72. The average molecular weight is 253 g/mol. The highest BCUT2D eigenvalue weighted by molar-refractivity contribution is 5.40. The van der Waals surface area contributed by atoms with Gasteiger partial charge >= 0.3 is 0 Å². The van der Waals surface area contributed by atoms with E-state index in [4.69, 9.17) is 15.5 Å². The summed E-state index contributed by atoms with van der Waals surface area (Å²) in [5, 5.41) is 0. The molecule has 0 bridgehead atoms. The lowest BCUT2D eigenvalue weighted by atomic mass is 10.1. The molecule has 1 unspecified atom stereocenters. The van der Waals surface area contributed by atoms with Crippen LogP contribution in [0.25, 0.3) is 0 Å². The zero-order valence-corrected chi connectivity index (χ0v) is 12.2. The van der Waals surface area contributed by atoms with E-state index < -0.39 is 0 Å². The quantitative estimate of drug-likeness (QED) is 0.775. The normalized spacial score (nSPS) is 12.9. The Balaban J connectivity index is 2.98. The average Bonchev–Trinajstić information content (AvgIpc) is 2.65. The summed E-state index contributed by atoms with van der Waals surface area (Å²) in [6.45, 7) is 8.13. The van der Waals surface area contributed by atoms with Crippen LogP contribution < -0.4 is 5.73 Å². The van der Waals surface area contributed by atoms with Gasteiger partial charge < -0.3 is 15.0 Å². The van der Waals surface area contributed by atoms with Crippen molar-refractivity contribution in [2.45, 2.75) is 58.9 Å². The second-order valence-electron chi connectivity index (χ2n) is 4.91. The number of hydrogen-bond donors (Lipinski definition) is 1. The molecule has 0 spiro atoms. The number of rotatable bonds is 8. The van der Waals surface area contributed by atoms with E-state index in [0.717, 1.165) is 43.1 Å². The fourth-order valence-corrected chi connectivity index (χ4v) is 2.21. The molecule has 0 amide bonds. The fraction of sp³-hybridized carbons (Fsp3) is 0.786. The predicted octanol–water partition coefficient (Wildman–Crippen LogP) is 2.97. The van der Waals surface area contributed by atoms with Gasteiger partial charge in [-0.1, -0.05) is 27.2 Å². The van der Waals surface area contributed by atoms with Crippen LogP contribution in [0.2, 0.25) is 0 Å². The smallest absolute Gasteiger partial charge is 0.127 e. The predicted molar refractivity (Wildman–Crippen MR) is 75.8 cm³/mol. The second-order valence-corrected chi connectivity index (χ2v) is 4.91. The molecule has 1 aromatic heterocycles. The first-order valence-corrected chi connectivity index (χ1v) is 6.99. The van der Waals surface area contributed by atoms with Crippen molar-refractivity contribution < 1.29 is 4.74 Å². The molecule has 1 atom stereocenters. The van der Waals surface area contributed by atoms with E-state index in [-0.39, 0.29) is 5.92 Å². The van der Waals surface area contributed by atoms with E-state index in [1.807, 2.05) is 0 Å². The van der Waals surface area contributed by atoms with Gasteiger partial charge in [0, 0.05) is 26.0 Å². The highest BCUT2D eigenvalue weighted by Gasteiger charge is 2.18. The van der Waals surface area contributed by atoms with Gasteiger partial charge in [0.05, 0.1) is 12.3 Å². The molecule has 0 aliphatic carbocycles. The largest absolute Gasteiger partial charge is 0.384 e. The minimum atomic E-state index is 0.258. The first kappa shape index (κ1) is 15.0. The molecular weight excluding hydrogens is 226 g/mol. The summed E-state index contributed by atoms with van der Waals surface area (Å²) >= 11 is 0. The molecule has 0 aliphatic rings. The van der Waals surface area contributed by atoms with Crippen LogP contribution in [0.1, 0.15) is 57.5 Å². The zero-order valence-electron chi connectivity index (χ0n) is 12.2. The van der Waals surface area contributed by atoms with E-state index in [2.05, 4.69) is 25.3 Å². The van der Waals surface area contributed by atoms with Gasteiger partial charge in [-0.3, -0.25) is 0 Å². The molecule has 1 aromatic rings. The minimum Gasteiger partial charge on any atom is -0.384 e. The molecule has 0 radical (unpaired) electrons. The molecule has 4 heteroatoms. The highest BCUT2D eigenvalue weighted by atomic mass is 16.5. The monoisotopic (exact) mass is 253 g/mol. The van der Waals surface area contributed by atoms with Crippen LogP contribution in [-0.2, 0) is 17.7 Å².